The molecule has 136 valence electrons. The van der Waals surface area contributed by atoms with E-state index in [1.165, 1.54) is 30.4 Å². The maximum absolute atomic E-state index is 13.1. The predicted octanol–water partition coefficient (Wildman–Crippen LogP) is 4.09. The second kappa shape index (κ2) is 6.85. The number of phenolic OH excluding ortho intramolecular Hbond substituents is 1. The van der Waals surface area contributed by atoms with Crippen molar-refractivity contribution in [3.8, 4) is 16.3 Å². The van der Waals surface area contributed by atoms with E-state index in [-0.39, 0.29) is 11.2 Å². The molecule has 3 heterocycles. The Bertz CT molecular complexity index is 1020. The number of likely N-dealkylation sites (tertiary alicyclic amines) is 1. The van der Waals surface area contributed by atoms with Gasteiger partial charge in [0.05, 0.1) is 16.5 Å². The van der Waals surface area contributed by atoms with Gasteiger partial charge in [0.2, 0.25) is 5.43 Å². The van der Waals surface area contributed by atoms with Crippen molar-refractivity contribution in [2.75, 3.05) is 13.1 Å². The number of rotatable bonds is 4. The average Bonchev–Trinajstić information content (AvgIpc) is 3.29. The number of aromatic hydroxyl groups is 1. The van der Waals surface area contributed by atoms with Gasteiger partial charge in [0.25, 0.3) is 0 Å². The van der Waals surface area contributed by atoms with Crippen molar-refractivity contribution < 1.29 is 9.52 Å². The molecule has 1 N–H and O–H groups in total. The Morgan fingerprint density at radius 3 is 2.77 bits per heavy atom. The Labute approximate surface area is 155 Å². The number of phenols is 1. The molecule has 5 nitrogen and oxygen atoms in total. The van der Waals surface area contributed by atoms with Crippen LogP contribution in [0.15, 0.2) is 27.7 Å². The number of thiazole rings is 1. The second-order valence-electron chi connectivity index (χ2n) is 6.83. The molecule has 0 bridgehead atoms. The van der Waals surface area contributed by atoms with Gasteiger partial charge in [-0.05, 0) is 50.9 Å². The quantitative estimate of drug-likeness (QED) is 0.749. The normalized spacial score (nSPS) is 15.2. The molecule has 0 radical (unpaired) electrons. The molecular weight excluding hydrogens is 348 g/mol. The first-order valence-electron chi connectivity index (χ1n) is 9.03. The van der Waals surface area contributed by atoms with Crippen molar-refractivity contribution in [1.82, 2.24) is 9.88 Å². The van der Waals surface area contributed by atoms with Crippen LogP contribution in [0.5, 0.6) is 5.75 Å². The van der Waals surface area contributed by atoms with Crippen LogP contribution in [0, 0.1) is 6.92 Å². The van der Waals surface area contributed by atoms with Crippen molar-refractivity contribution in [1.29, 1.82) is 0 Å². The van der Waals surface area contributed by atoms with Crippen LogP contribution in [0.2, 0.25) is 0 Å². The second-order valence-corrected chi connectivity index (χ2v) is 8.07. The van der Waals surface area contributed by atoms with Gasteiger partial charge in [-0.15, -0.1) is 11.3 Å². The SMILES string of the molecule is CCc1cc2c(=O)c(-c3ncc(C)s3)coc2c(CN2CCCC2)c1O. The lowest BCUT2D eigenvalue weighted by Gasteiger charge is -2.18. The summed E-state index contributed by atoms with van der Waals surface area (Å²) in [6.07, 6.45) is 6.25. The van der Waals surface area contributed by atoms with Crippen LogP contribution in [0.25, 0.3) is 21.5 Å². The fourth-order valence-corrected chi connectivity index (χ4v) is 4.37. The van der Waals surface area contributed by atoms with E-state index in [0.717, 1.165) is 29.1 Å². The van der Waals surface area contributed by atoms with Gasteiger partial charge in [0.1, 0.15) is 22.6 Å². The fourth-order valence-electron chi connectivity index (χ4n) is 3.60. The first-order valence-corrected chi connectivity index (χ1v) is 9.84. The number of nitrogens with zero attached hydrogens (tertiary/aromatic N) is 2. The van der Waals surface area contributed by atoms with E-state index >= 15 is 0 Å². The Balaban J connectivity index is 1.91. The molecule has 1 aliphatic heterocycles. The Morgan fingerprint density at radius 2 is 2.12 bits per heavy atom. The van der Waals surface area contributed by atoms with Crippen molar-refractivity contribution in [3.05, 3.63) is 44.8 Å². The minimum atomic E-state index is -0.0852. The molecule has 0 amide bonds. The zero-order chi connectivity index (χ0) is 18.3. The zero-order valence-electron chi connectivity index (χ0n) is 15.0. The monoisotopic (exact) mass is 370 g/mol. The minimum absolute atomic E-state index is 0.0852. The molecule has 1 saturated heterocycles. The average molecular weight is 370 g/mol. The number of benzene rings is 1. The molecule has 6 heteroatoms. The van der Waals surface area contributed by atoms with E-state index in [0.29, 0.717) is 34.5 Å². The highest BCUT2D eigenvalue weighted by Gasteiger charge is 2.22. The van der Waals surface area contributed by atoms with E-state index in [1.807, 2.05) is 13.8 Å². The molecule has 0 spiro atoms. The van der Waals surface area contributed by atoms with Crippen molar-refractivity contribution in [2.45, 2.75) is 39.7 Å². The Hall–Kier alpha value is -2.18. The van der Waals surface area contributed by atoms with Crippen LogP contribution >= 0.6 is 11.3 Å². The van der Waals surface area contributed by atoms with E-state index in [9.17, 15) is 9.90 Å². The van der Waals surface area contributed by atoms with Crippen LogP contribution < -0.4 is 5.43 Å². The van der Waals surface area contributed by atoms with E-state index in [2.05, 4.69) is 9.88 Å². The van der Waals surface area contributed by atoms with Crippen LogP contribution in [-0.4, -0.2) is 28.1 Å². The lowest BCUT2D eigenvalue weighted by Crippen LogP contribution is -2.19. The molecule has 0 aliphatic carbocycles. The van der Waals surface area contributed by atoms with Crippen LogP contribution in [-0.2, 0) is 13.0 Å². The molecule has 0 atom stereocenters. The summed E-state index contributed by atoms with van der Waals surface area (Å²) in [7, 11) is 0. The summed E-state index contributed by atoms with van der Waals surface area (Å²) in [6.45, 7) is 6.58. The molecule has 3 aromatic rings. The van der Waals surface area contributed by atoms with Gasteiger partial charge in [-0.25, -0.2) is 4.98 Å². The van der Waals surface area contributed by atoms with Crippen LogP contribution in [0.3, 0.4) is 0 Å². The van der Waals surface area contributed by atoms with Gasteiger partial charge in [0, 0.05) is 17.6 Å². The number of aromatic nitrogens is 1. The lowest BCUT2D eigenvalue weighted by atomic mass is 10.0. The molecule has 0 saturated carbocycles. The zero-order valence-corrected chi connectivity index (χ0v) is 15.9. The number of hydrogen-bond donors (Lipinski definition) is 1. The van der Waals surface area contributed by atoms with Crippen molar-refractivity contribution in [3.63, 3.8) is 0 Å². The smallest absolute Gasteiger partial charge is 0.202 e. The number of fused-ring (bicyclic) bond motifs is 1. The van der Waals surface area contributed by atoms with Gasteiger partial charge >= 0.3 is 0 Å². The largest absolute Gasteiger partial charge is 0.507 e. The highest BCUT2D eigenvalue weighted by atomic mass is 32.1. The minimum Gasteiger partial charge on any atom is -0.507 e. The molecule has 0 unspecified atom stereocenters. The topological polar surface area (TPSA) is 66.6 Å². The highest BCUT2D eigenvalue weighted by Crippen LogP contribution is 2.34. The molecular formula is C20H22N2O3S. The maximum atomic E-state index is 13.1. The molecule has 1 aliphatic rings. The maximum Gasteiger partial charge on any atom is 0.202 e. The van der Waals surface area contributed by atoms with Gasteiger partial charge in [0.15, 0.2) is 0 Å². The summed E-state index contributed by atoms with van der Waals surface area (Å²) >= 11 is 1.48. The first-order chi connectivity index (χ1) is 12.6. The number of aryl methyl sites for hydroxylation is 2. The van der Waals surface area contributed by atoms with E-state index < -0.39 is 0 Å². The molecule has 26 heavy (non-hydrogen) atoms. The van der Waals surface area contributed by atoms with Gasteiger partial charge in [-0.2, -0.15) is 0 Å². The van der Waals surface area contributed by atoms with Crippen LogP contribution in [0.4, 0.5) is 0 Å². The van der Waals surface area contributed by atoms with E-state index in [4.69, 9.17) is 4.42 Å². The third-order valence-corrected chi connectivity index (χ3v) is 5.97. The molecule has 4 rings (SSSR count). The summed E-state index contributed by atoms with van der Waals surface area (Å²) in [4.78, 5) is 20.8. The summed E-state index contributed by atoms with van der Waals surface area (Å²) in [6, 6.07) is 1.77. The summed E-state index contributed by atoms with van der Waals surface area (Å²) in [5, 5.41) is 11.9. The van der Waals surface area contributed by atoms with Gasteiger partial charge in [-0.3, -0.25) is 9.69 Å². The molecule has 1 fully saturated rings. The Kier molecular flexibility index (Phi) is 4.54. The first kappa shape index (κ1) is 17.2. The highest BCUT2D eigenvalue weighted by molar-refractivity contribution is 7.14. The third-order valence-electron chi connectivity index (χ3n) is 5.02. The van der Waals surface area contributed by atoms with Crippen LogP contribution in [0.1, 0.15) is 35.8 Å². The van der Waals surface area contributed by atoms with Crippen molar-refractivity contribution in [2.24, 2.45) is 0 Å². The lowest BCUT2D eigenvalue weighted by molar-refractivity contribution is 0.323. The predicted molar refractivity (Wildman–Crippen MR) is 104 cm³/mol. The molecule has 2 aromatic heterocycles. The van der Waals surface area contributed by atoms with E-state index in [1.54, 1.807) is 12.3 Å². The van der Waals surface area contributed by atoms with Crippen molar-refractivity contribution >= 4 is 22.3 Å². The van der Waals surface area contributed by atoms with Gasteiger partial charge < -0.3 is 9.52 Å². The standard InChI is InChI=1S/C20H22N2O3S/c1-3-13-8-14-18(24)16(20-21-9-12(2)26-20)11-25-19(14)15(17(13)23)10-22-6-4-5-7-22/h8-9,11,23H,3-7,10H2,1-2H3. The fraction of sp³-hybridized carbons (Fsp3) is 0.400. The number of hydrogen-bond acceptors (Lipinski definition) is 6. The third kappa shape index (κ3) is 2.93. The summed E-state index contributed by atoms with van der Waals surface area (Å²) in [5.74, 6) is 0.257. The van der Waals surface area contributed by atoms with Gasteiger partial charge in [-0.1, -0.05) is 6.92 Å². The summed E-state index contributed by atoms with van der Waals surface area (Å²) in [5.41, 5.74) is 2.40. The summed E-state index contributed by atoms with van der Waals surface area (Å²) < 4.78 is 5.89. The Morgan fingerprint density at radius 1 is 1.35 bits per heavy atom. The molecule has 1 aromatic carbocycles.